The molecule has 1 heterocycles. The van der Waals surface area contributed by atoms with Crippen molar-refractivity contribution in [1.29, 1.82) is 5.26 Å². The summed E-state index contributed by atoms with van der Waals surface area (Å²) in [5, 5.41) is 46.6. The van der Waals surface area contributed by atoms with Gasteiger partial charge in [0.15, 0.2) is 5.69 Å². The zero-order chi connectivity index (χ0) is 18.0. The highest BCUT2D eigenvalue weighted by atomic mass is 16.6. The minimum Gasteiger partial charge on any atom is -0.506 e. The normalized spacial score (nSPS) is 10.7. The van der Waals surface area contributed by atoms with E-state index in [1.807, 2.05) is 0 Å². The predicted molar refractivity (Wildman–Crippen MR) is 81.7 cm³/mol. The van der Waals surface area contributed by atoms with Crippen LogP contribution >= 0.6 is 0 Å². The van der Waals surface area contributed by atoms with Crippen LogP contribution < -0.4 is 5.56 Å². The Morgan fingerprint density at radius 2 is 2.00 bits per heavy atom. The summed E-state index contributed by atoms with van der Waals surface area (Å²) in [5.74, 6) is -0.866. The molecule has 0 aliphatic carbocycles. The van der Waals surface area contributed by atoms with E-state index >= 15 is 0 Å². The van der Waals surface area contributed by atoms with Gasteiger partial charge in [-0.2, -0.15) is 5.26 Å². The van der Waals surface area contributed by atoms with Crippen LogP contribution in [0.25, 0.3) is 0 Å². The van der Waals surface area contributed by atoms with Crippen LogP contribution in [0.5, 0.6) is 11.6 Å². The summed E-state index contributed by atoms with van der Waals surface area (Å²) in [4.78, 5) is 22.2. The number of hydrogen-bond acceptors (Lipinski definition) is 8. The molecule has 0 aliphatic rings. The zero-order valence-electron chi connectivity index (χ0n) is 12.6. The molecule has 0 amide bonds. The Balaban J connectivity index is 2.61. The number of non-ortho nitro benzene ring substituents is 1. The van der Waals surface area contributed by atoms with E-state index in [9.17, 15) is 25.1 Å². The van der Waals surface area contributed by atoms with Crippen molar-refractivity contribution in [3.05, 3.63) is 49.8 Å². The molecule has 24 heavy (non-hydrogen) atoms. The van der Waals surface area contributed by atoms with E-state index in [1.165, 1.54) is 14.0 Å². The maximum Gasteiger partial charge on any atom is 0.281 e. The molecule has 2 rings (SSSR count). The average Bonchev–Trinajstić information content (AvgIpc) is 2.54. The Morgan fingerprint density at radius 1 is 1.33 bits per heavy atom. The van der Waals surface area contributed by atoms with E-state index in [1.54, 1.807) is 6.07 Å². The van der Waals surface area contributed by atoms with E-state index in [4.69, 9.17) is 5.26 Å². The highest BCUT2D eigenvalue weighted by Crippen LogP contribution is 2.32. The lowest BCUT2D eigenvalue weighted by atomic mass is 10.1. The molecule has 1 aromatic carbocycles. The molecule has 0 unspecified atom stereocenters. The number of nitro benzene ring substituents is 1. The second-order valence-corrected chi connectivity index (χ2v) is 4.78. The van der Waals surface area contributed by atoms with Gasteiger partial charge in [0, 0.05) is 24.7 Å². The monoisotopic (exact) mass is 329 g/mol. The molecule has 2 N–H and O–H groups in total. The number of nitro groups is 1. The molecule has 0 atom stereocenters. The topological polar surface area (TPSA) is 154 Å². The molecule has 10 heteroatoms. The number of aromatic nitrogens is 1. The smallest absolute Gasteiger partial charge is 0.281 e. The van der Waals surface area contributed by atoms with Gasteiger partial charge in [0.2, 0.25) is 5.88 Å². The van der Waals surface area contributed by atoms with Crippen molar-refractivity contribution in [2.45, 2.75) is 6.92 Å². The fourth-order valence-electron chi connectivity index (χ4n) is 1.93. The third-order valence-corrected chi connectivity index (χ3v) is 3.32. The summed E-state index contributed by atoms with van der Waals surface area (Å²) in [5.41, 5.74) is -1.50. The van der Waals surface area contributed by atoms with Gasteiger partial charge >= 0.3 is 0 Å². The third-order valence-electron chi connectivity index (χ3n) is 3.32. The molecule has 122 valence electrons. The van der Waals surface area contributed by atoms with Crippen LogP contribution in [-0.4, -0.2) is 19.7 Å². The lowest BCUT2D eigenvalue weighted by Crippen LogP contribution is -2.18. The number of aromatic hydroxyl groups is 2. The molecule has 0 radical (unpaired) electrons. The van der Waals surface area contributed by atoms with E-state index in [2.05, 4.69) is 10.2 Å². The largest absolute Gasteiger partial charge is 0.506 e. The summed E-state index contributed by atoms with van der Waals surface area (Å²) in [7, 11) is 1.25. The second-order valence-electron chi connectivity index (χ2n) is 4.78. The van der Waals surface area contributed by atoms with E-state index in [0.717, 1.165) is 22.8 Å². The number of azo groups is 1. The van der Waals surface area contributed by atoms with Crippen LogP contribution in [0.15, 0.2) is 33.2 Å². The number of nitrogens with zero attached hydrogens (tertiary/aromatic N) is 5. The number of rotatable bonds is 3. The van der Waals surface area contributed by atoms with Gasteiger partial charge < -0.3 is 10.2 Å². The third kappa shape index (κ3) is 2.78. The molecule has 0 aliphatic heterocycles. The molecule has 2 aromatic rings. The molecule has 0 fully saturated rings. The van der Waals surface area contributed by atoms with Crippen LogP contribution in [0, 0.1) is 28.4 Å². The highest BCUT2D eigenvalue weighted by molar-refractivity contribution is 5.59. The standard InChI is InChI=1S/C14H11N5O5/c1-7-9(6-15)13(21)18(2)14(22)12(7)17-16-10-5-8(19(23)24)3-4-11(10)20/h3-5,20-21H,1-2H3. The Labute approximate surface area is 134 Å². The summed E-state index contributed by atoms with van der Waals surface area (Å²) < 4.78 is 0.827. The SMILES string of the molecule is Cc1c(C#N)c(O)n(C)c(=O)c1N=Nc1cc([N+](=O)[O-])ccc1O. The highest BCUT2D eigenvalue weighted by Gasteiger charge is 2.17. The van der Waals surface area contributed by atoms with Crippen LogP contribution in [0.2, 0.25) is 0 Å². The molecular weight excluding hydrogens is 318 g/mol. The van der Waals surface area contributed by atoms with Gasteiger partial charge in [0.25, 0.3) is 11.2 Å². The van der Waals surface area contributed by atoms with Crippen molar-refractivity contribution < 1.29 is 15.1 Å². The molecule has 0 saturated carbocycles. The molecule has 1 aromatic heterocycles. The van der Waals surface area contributed by atoms with Crippen LogP contribution in [0.3, 0.4) is 0 Å². The number of phenols is 1. The van der Waals surface area contributed by atoms with Crippen molar-refractivity contribution in [2.75, 3.05) is 0 Å². The maximum absolute atomic E-state index is 12.1. The molecule has 10 nitrogen and oxygen atoms in total. The van der Waals surface area contributed by atoms with Crippen molar-refractivity contribution >= 4 is 17.1 Å². The molecule has 0 bridgehead atoms. The number of hydrogen-bond donors (Lipinski definition) is 2. The summed E-state index contributed by atoms with van der Waals surface area (Å²) in [6.45, 7) is 1.40. The van der Waals surface area contributed by atoms with Gasteiger partial charge in [-0.1, -0.05) is 0 Å². The summed E-state index contributed by atoms with van der Waals surface area (Å²) in [6.07, 6.45) is 0. The minimum absolute atomic E-state index is 0.103. The number of nitriles is 1. The summed E-state index contributed by atoms with van der Waals surface area (Å²) >= 11 is 0. The first kappa shape index (κ1) is 16.6. The molecule has 0 saturated heterocycles. The fourth-order valence-corrected chi connectivity index (χ4v) is 1.93. The second kappa shape index (κ2) is 6.17. The number of pyridine rings is 1. The first-order chi connectivity index (χ1) is 11.3. The number of benzene rings is 1. The van der Waals surface area contributed by atoms with Crippen LogP contribution in [0.4, 0.5) is 17.1 Å². The van der Waals surface area contributed by atoms with Crippen molar-refractivity contribution in [1.82, 2.24) is 4.57 Å². The van der Waals surface area contributed by atoms with Gasteiger partial charge in [-0.25, -0.2) is 0 Å². The van der Waals surface area contributed by atoms with Gasteiger partial charge in [-0.05, 0) is 13.0 Å². The quantitative estimate of drug-likeness (QED) is 0.500. The Hall–Kier alpha value is -3.74. The van der Waals surface area contributed by atoms with Crippen molar-refractivity contribution in [3.63, 3.8) is 0 Å². The first-order valence-corrected chi connectivity index (χ1v) is 6.49. The predicted octanol–water partition coefficient (Wildman–Crippen LogP) is 2.30. The Bertz CT molecular complexity index is 971. The van der Waals surface area contributed by atoms with Crippen LogP contribution in [-0.2, 0) is 7.05 Å². The Kier molecular flexibility index (Phi) is 4.28. The first-order valence-electron chi connectivity index (χ1n) is 6.49. The maximum atomic E-state index is 12.1. The summed E-state index contributed by atoms with van der Waals surface area (Å²) in [6, 6.07) is 4.91. The lowest BCUT2D eigenvalue weighted by Gasteiger charge is -2.08. The fraction of sp³-hybridized carbons (Fsp3) is 0.143. The van der Waals surface area contributed by atoms with E-state index < -0.39 is 16.4 Å². The molecular formula is C14H11N5O5. The minimum atomic E-state index is -0.710. The van der Waals surface area contributed by atoms with Crippen molar-refractivity contribution in [3.8, 4) is 17.7 Å². The van der Waals surface area contributed by atoms with Gasteiger partial charge in [0.05, 0.1) is 4.92 Å². The molecule has 0 spiro atoms. The van der Waals surface area contributed by atoms with E-state index in [0.29, 0.717) is 0 Å². The van der Waals surface area contributed by atoms with Gasteiger partial charge in [-0.15, -0.1) is 10.2 Å². The van der Waals surface area contributed by atoms with Gasteiger partial charge in [0.1, 0.15) is 23.1 Å². The van der Waals surface area contributed by atoms with Crippen molar-refractivity contribution in [2.24, 2.45) is 17.3 Å². The average molecular weight is 329 g/mol. The Morgan fingerprint density at radius 3 is 2.58 bits per heavy atom. The lowest BCUT2D eigenvalue weighted by molar-refractivity contribution is -0.384. The van der Waals surface area contributed by atoms with E-state index in [-0.39, 0.29) is 33.9 Å². The zero-order valence-corrected chi connectivity index (χ0v) is 12.6. The van der Waals surface area contributed by atoms with Crippen LogP contribution in [0.1, 0.15) is 11.1 Å². The van der Waals surface area contributed by atoms with Gasteiger partial charge in [-0.3, -0.25) is 19.5 Å². The number of phenolic OH excluding ortho intramolecular Hbond substituents is 1.